The standard InChI is InChI=1S/C13H15BrN2O3/c1-15-2-4-16(5-3-15)12(17)9-6-10(13(18)19)8-11(14)7-9/h6-8H,2-5H2,1H3,(H,18,19). The number of hydrogen-bond acceptors (Lipinski definition) is 3. The zero-order valence-corrected chi connectivity index (χ0v) is 12.2. The van der Waals surface area contributed by atoms with Crippen molar-refractivity contribution in [3.8, 4) is 0 Å². The molecule has 1 saturated heterocycles. The molecule has 1 amide bonds. The van der Waals surface area contributed by atoms with Gasteiger partial charge in [-0.1, -0.05) is 15.9 Å². The van der Waals surface area contributed by atoms with Gasteiger partial charge in [-0.05, 0) is 25.2 Å². The maximum absolute atomic E-state index is 12.3. The summed E-state index contributed by atoms with van der Waals surface area (Å²) in [6.45, 7) is 3.02. The number of piperazine rings is 1. The molecule has 6 heteroatoms. The first kappa shape index (κ1) is 14.0. The predicted molar refractivity (Wildman–Crippen MR) is 74.5 cm³/mol. The van der Waals surface area contributed by atoms with E-state index in [2.05, 4.69) is 20.8 Å². The molecule has 0 bridgehead atoms. The average molecular weight is 327 g/mol. The molecule has 1 aliphatic rings. The number of nitrogens with zero attached hydrogens (tertiary/aromatic N) is 2. The molecule has 0 atom stereocenters. The molecular formula is C13H15BrN2O3. The minimum absolute atomic E-state index is 0.114. The molecule has 1 heterocycles. The van der Waals surface area contributed by atoms with Crippen LogP contribution in [0.4, 0.5) is 0 Å². The van der Waals surface area contributed by atoms with Crippen LogP contribution in [0, 0.1) is 0 Å². The minimum Gasteiger partial charge on any atom is -0.478 e. The number of rotatable bonds is 2. The predicted octanol–water partition coefficient (Wildman–Crippen LogP) is 1.53. The zero-order chi connectivity index (χ0) is 14.0. The highest BCUT2D eigenvalue weighted by Crippen LogP contribution is 2.18. The monoisotopic (exact) mass is 326 g/mol. The third kappa shape index (κ3) is 3.33. The third-order valence-electron chi connectivity index (χ3n) is 3.18. The van der Waals surface area contributed by atoms with Crippen molar-refractivity contribution in [1.82, 2.24) is 9.80 Å². The second-order valence-corrected chi connectivity index (χ2v) is 5.54. The zero-order valence-electron chi connectivity index (χ0n) is 10.6. The van der Waals surface area contributed by atoms with Gasteiger partial charge < -0.3 is 14.9 Å². The van der Waals surface area contributed by atoms with Gasteiger partial charge in [0, 0.05) is 36.2 Å². The molecule has 1 aliphatic heterocycles. The van der Waals surface area contributed by atoms with E-state index >= 15 is 0 Å². The van der Waals surface area contributed by atoms with E-state index in [4.69, 9.17) is 5.11 Å². The fraction of sp³-hybridized carbons (Fsp3) is 0.385. The first-order valence-corrected chi connectivity index (χ1v) is 6.78. The second kappa shape index (κ2) is 5.71. The van der Waals surface area contributed by atoms with Crippen LogP contribution < -0.4 is 0 Å². The van der Waals surface area contributed by atoms with E-state index in [1.54, 1.807) is 11.0 Å². The van der Waals surface area contributed by atoms with Crippen LogP contribution in [0.2, 0.25) is 0 Å². The smallest absolute Gasteiger partial charge is 0.335 e. The van der Waals surface area contributed by atoms with Crippen LogP contribution in [0.5, 0.6) is 0 Å². The van der Waals surface area contributed by atoms with Crippen molar-refractivity contribution in [1.29, 1.82) is 0 Å². The summed E-state index contributed by atoms with van der Waals surface area (Å²) in [5.74, 6) is -1.15. The first-order chi connectivity index (χ1) is 8.97. The number of carbonyl (C=O) groups excluding carboxylic acids is 1. The van der Waals surface area contributed by atoms with Crippen LogP contribution in [-0.4, -0.2) is 60.0 Å². The SMILES string of the molecule is CN1CCN(C(=O)c2cc(Br)cc(C(=O)O)c2)CC1. The van der Waals surface area contributed by atoms with Crippen molar-refractivity contribution in [2.24, 2.45) is 0 Å². The number of benzene rings is 1. The summed E-state index contributed by atoms with van der Waals surface area (Å²) in [6.07, 6.45) is 0. The molecule has 5 nitrogen and oxygen atoms in total. The number of carbonyl (C=O) groups is 2. The normalized spacial score (nSPS) is 16.4. The van der Waals surface area contributed by atoms with Crippen molar-refractivity contribution >= 4 is 27.8 Å². The molecule has 0 spiro atoms. The molecule has 0 aromatic heterocycles. The van der Waals surface area contributed by atoms with Crippen molar-refractivity contribution in [2.45, 2.75) is 0 Å². The van der Waals surface area contributed by atoms with E-state index in [9.17, 15) is 9.59 Å². The highest BCUT2D eigenvalue weighted by atomic mass is 79.9. The molecular weight excluding hydrogens is 312 g/mol. The lowest BCUT2D eigenvalue weighted by molar-refractivity contribution is 0.0664. The Hall–Kier alpha value is -1.40. The van der Waals surface area contributed by atoms with Gasteiger partial charge in [-0.2, -0.15) is 0 Å². The number of hydrogen-bond donors (Lipinski definition) is 1. The Bertz CT molecular complexity index is 511. The molecule has 102 valence electrons. The maximum Gasteiger partial charge on any atom is 0.335 e. The molecule has 0 saturated carbocycles. The Labute approximate surface area is 119 Å². The van der Waals surface area contributed by atoms with Crippen molar-refractivity contribution in [2.75, 3.05) is 33.2 Å². The van der Waals surface area contributed by atoms with Crippen LogP contribution in [0.25, 0.3) is 0 Å². The third-order valence-corrected chi connectivity index (χ3v) is 3.64. The maximum atomic E-state index is 12.3. The van der Waals surface area contributed by atoms with Gasteiger partial charge in [0.2, 0.25) is 0 Å². The lowest BCUT2D eigenvalue weighted by Gasteiger charge is -2.32. The van der Waals surface area contributed by atoms with Gasteiger partial charge in [0.1, 0.15) is 0 Å². The molecule has 0 aliphatic carbocycles. The summed E-state index contributed by atoms with van der Waals surface area (Å²) in [5, 5.41) is 9.01. The Morgan fingerprint density at radius 2 is 1.68 bits per heavy atom. The van der Waals surface area contributed by atoms with Gasteiger partial charge >= 0.3 is 5.97 Å². The Morgan fingerprint density at radius 3 is 2.26 bits per heavy atom. The van der Waals surface area contributed by atoms with Gasteiger partial charge in [0.05, 0.1) is 5.56 Å². The Balaban J connectivity index is 2.21. The van der Waals surface area contributed by atoms with Crippen LogP contribution in [0.15, 0.2) is 22.7 Å². The Kier molecular flexibility index (Phi) is 4.21. The average Bonchev–Trinajstić information content (AvgIpc) is 2.38. The molecule has 1 aromatic rings. The van der Waals surface area contributed by atoms with Gasteiger partial charge in [0.25, 0.3) is 5.91 Å². The largest absolute Gasteiger partial charge is 0.478 e. The van der Waals surface area contributed by atoms with Crippen molar-refractivity contribution in [3.63, 3.8) is 0 Å². The van der Waals surface area contributed by atoms with Crippen LogP contribution in [0.1, 0.15) is 20.7 Å². The number of aromatic carboxylic acids is 1. The summed E-state index contributed by atoms with van der Waals surface area (Å²) in [5.41, 5.74) is 0.531. The van der Waals surface area contributed by atoms with Crippen LogP contribution in [0.3, 0.4) is 0 Å². The molecule has 0 radical (unpaired) electrons. The van der Waals surface area contributed by atoms with E-state index in [0.717, 1.165) is 13.1 Å². The molecule has 1 fully saturated rings. The van der Waals surface area contributed by atoms with Gasteiger partial charge in [-0.15, -0.1) is 0 Å². The topological polar surface area (TPSA) is 60.9 Å². The number of amides is 1. The summed E-state index contributed by atoms with van der Waals surface area (Å²) in [6, 6.07) is 4.57. The number of likely N-dealkylation sites (N-methyl/N-ethyl adjacent to an activating group) is 1. The number of halogens is 1. The minimum atomic E-state index is -1.03. The Morgan fingerprint density at radius 1 is 1.11 bits per heavy atom. The quantitative estimate of drug-likeness (QED) is 0.895. The second-order valence-electron chi connectivity index (χ2n) is 4.63. The lowest BCUT2D eigenvalue weighted by atomic mass is 10.1. The fourth-order valence-corrected chi connectivity index (χ4v) is 2.52. The fourth-order valence-electron chi connectivity index (χ4n) is 2.03. The molecule has 2 rings (SSSR count). The van der Waals surface area contributed by atoms with Gasteiger partial charge in [-0.3, -0.25) is 4.79 Å². The van der Waals surface area contributed by atoms with Crippen LogP contribution >= 0.6 is 15.9 Å². The number of carboxylic acids is 1. The van der Waals surface area contributed by atoms with Crippen molar-refractivity contribution in [3.05, 3.63) is 33.8 Å². The molecule has 0 unspecified atom stereocenters. The summed E-state index contributed by atoms with van der Waals surface area (Å²) < 4.78 is 0.602. The molecule has 19 heavy (non-hydrogen) atoms. The van der Waals surface area contributed by atoms with Crippen molar-refractivity contribution < 1.29 is 14.7 Å². The van der Waals surface area contributed by atoms with Crippen LogP contribution in [-0.2, 0) is 0 Å². The summed E-state index contributed by atoms with van der Waals surface area (Å²) in [7, 11) is 2.02. The van der Waals surface area contributed by atoms with Gasteiger partial charge in [0.15, 0.2) is 0 Å². The van der Waals surface area contributed by atoms with E-state index in [1.807, 2.05) is 7.05 Å². The van der Waals surface area contributed by atoms with Gasteiger partial charge in [-0.25, -0.2) is 4.79 Å². The number of carboxylic acid groups (broad SMARTS) is 1. The molecule has 1 aromatic carbocycles. The summed E-state index contributed by atoms with van der Waals surface area (Å²) in [4.78, 5) is 27.2. The van der Waals surface area contributed by atoms with E-state index < -0.39 is 5.97 Å². The highest BCUT2D eigenvalue weighted by Gasteiger charge is 2.21. The lowest BCUT2D eigenvalue weighted by Crippen LogP contribution is -2.47. The van der Waals surface area contributed by atoms with E-state index in [-0.39, 0.29) is 11.5 Å². The molecule has 1 N–H and O–H groups in total. The first-order valence-electron chi connectivity index (χ1n) is 5.99. The highest BCUT2D eigenvalue weighted by molar-refractivity contribution is 9.10. The van der Waals surface area contributed by atoms with E-state index in [1.165, 1.54) is 12.1 Å². The van der Waals surface area contributed by atoms with E-state index in [0.29, 0.717) is 23.1 Å². The summed E-state index contributed by atoms with van der Waals surface area (Å²) >= 11 is 3.24.